The smallest absolute Gasteiger partial charge is 0.256 e. The number of aryl methyl sites for hydroxylation is 1. The van der Waals surface area contributed by atoms with Crippen LogP contribution in [0.1, 0.15) is 30.7 Å². The molecule has 4 nitrogen and oxygen atoms in total. The summed E-state index contributed by atoms with van der Waals surface area (Å²) in [5.41, 5.74) is 2.38. The zero-order valence-corrected chi connectivity index (χ0v) is 13.3. The topological polar surface area (TPSA) is 57.8 Å². The molecular formula is C16H20ClN3O. The van der Waals surface area contributed by atoms with Crippen molar-refractivity contribution in [3.05, 3.63) is 56.5 Å². The summed E-state index contributed by atoms with van der Waals surface area (Å²) in [4.78, 5) is 19.4. The Morgan fingerprint density at radius 3 is 2.52 bits per heavy atom. The molecule has 0 saturated carbocycles. The number of benzene rings is 1. The van der Waals surface area contributed by atoms with Crippen molar-refractivity contribution in [2.24, 2.45) is 5.92 Å². The summed E-state index contributed by atoms with van der Waals surface area (Å²) in [6.07, 6.45) is 0.551. The number of rotatable bonds is 5. The third-order valence-electron chi connectivity index (χ3n) is 3.19. The molecule has 0 aliphatic carbocycles. The highest BCUT2D eigenvalue weighted by Crippen LogP contribution is 2.13. The molecule has 2 N–H and O–H groups in total. The van der Waals surface area contributed by atoms with E-state index in [4.69, 9.17) is 11.6 Å². The van der Waals surface area contributed by atoms with E-state index in [0.717, 1.165) is 17.8 Å². The molecule has 2 rings (SSSR count). The van der Waals surface area contributed by atoms with Gasteiger partial charge in [-0.2, -0.15) is 0 Å². The van der Waals surface area contributed by atoms with Crippen molar-refractivity contribution in [2.75, 3.05) is 11.9 Å². The number of H-pyrrole nitrogens is 1. The molecule has 0 unspecified atom stereocenters. The maximum Gasteiger partial charge on any atom is 0.256 e. The lowest BCUT2D eigenvalue weighted by molar-refractivity contribution is 0.683. The van der Waals surface area contributed by atoms with Crippen molar-refractivity contribution in [1.29, 1.82) is 0 Å². The fourth-order valence-corrected chi connectivity index (χ4v) is 2.14. The minimum Gasteiger partial charge on any atom is -0.355 e. The van der Waals surface area contributed by atoms with Crippen LogP contribution in [0, 0.1) is 12.8 Å². The molecular weight excluding hydrogens is 286 g/mol. The first kappa shape index (κ1) is 15.6. The van der Waals surface area contributed by atoms with E-state index >= 15 is 0 Å². The fourth-order valence-electron chi connectivity index (χ4n) is 2.01. The van der Waals surface area contributed by atoms with Gasteiger partial charge in [0.15, 0.2) is 0 Å². The molecule has 21 heavy (non-hydrogen) atoms. The second kappa shape index (κ2) is 6.76. The molecule has 2 aromatic rings. The lowest BCUT2D eigenvalue weighted by Gasteiger charge is -2.10. The molecule has 1 aromatic heterocycles. The van der Waals surface area contributed by atoms with E-state index in [9.17, 15) is 4.79 Å². The molecule has 0 spiro atoms. The van der Waals surface area contributed by atoms with Crippen LogP contribution in [0.5, 0.6) is 0 Å². The number of nitrogens with one attached hydrogen (secondary N) is 2. The van der Waals surface area contributed by atoms with Crippen LogP contribution < -0.4 is 10.9 Å². The number of hydrogen-bond donors (Lipinski definition) is 2. The second-order valence-electron chi connectivity index (χ2n) is 5.56. The minimum atomic E-state index is -0.0938. The first-order chi connectivity index (χ1) is 9.95. The van der Waals surface area contributed by atoms with Crippen LogP contribution in [0.4, 0.5) is 5.95 Å². The fraction of sp³-hybridized carbons (Fsp3) is 0.375. The van der Waals surface area contributed by atoms with Crippen LogP contribution in [-0.2, 0) is 6.42 Å². The predicted octanol–water partition coefficient (Wildman–Crippen LogP) is 3.39. The van der Waals surface area contributed by atoms with E-state index in [-0.39, 0.29) is 5.56 Å². The van der Waals surface area contributed by atoms with Gasteiger partial charge in [0.05, 0.1) is 5.69 Å². The summed E-state index contributed by atoms with van der Waals surface area (Å²) >= 11 is 5.87. The van der Waals surface area contributed by atoms with E-state index in [1.54, 1.807) is 0 Å². The van der Waals surface area contributed by atoms with Gasteiger partial charge >= 0.3 is 0 Å². The predicted molar refractivity (Wildman–Crippen MR) is 87.2 cm³/mol. The zero-order valence-electron chi connectivity index (χ0n) is 12.5. The number of nitrogens with zero attached hydrogens (tertiary/aromatic N) is 1. The summed E-state index contributed by atoms with van der Waals surface area (Å²) < 4.78 is 0. The Morgan fingerprint density at radius 2 is 1.95 bits per heavy atom. The molecule has 0 atom stereocenters. The Bertz CT molecular complexity index is 662. The Balaban J connectivity index is 2.20. The number of anilines is 1. The number of halogens is 1. The van der Waals surface area contributed by atoms with Gasteiger partial charge in [-0.1, -0.05) is 37.6 Å². The zero-order chi connectivity index (χ0) is 15.4. The van der Waals surface area contributed by atoms with Gasteiger partial charge in [0.2, 0.25) is 5.95 Å². The SMILES string of the molecule is Cc1nc(NCC(C)C)[nH]c(=O)c1Cc1ccc(Cl)cc1. The molecule has 0 fully saturated rings. The maximum absolute atomic E-state index is 12.2. The third kappa shape index (κ3) is 4.33. The van der Waals surface area contributed by atoms with Gasteiger partial charge in [-0.05, 0) is 30.5 Å². The highest BCUT2D eigenvalue weighted by atomic mass is 35.5. The van der Waals surface area contributed by atoms with Crippen LogP contribution in [0.15, 0.2) is 29.1 Å². The van der Waals surface area contributed by atoms with Crippen molar-refractivity contribution in [3.8, 4) is 0 Å². The lowest BCUT2D eigenvalue weighted by atomic mass is 10.1. The van der Waals surface area contributed by atoms with Crippen molar-refractivity contribution < 1.29 is 0 Å². The Morgan fingerprint density at radius 1 is 1.29 bits per heavy atom. The molecule has 5 heteroatoms. The highest BCUT2D eigenvalue weighted by molar-refractivity contribution is 6.30. The van der Waals surface area contributed by atoms with Crippen LogP contribution in [0.25, 0.3) is 0 Å². The van der Waals surface area contributed by atoms with Gasteiger partial charge in [0.25, 0.3) is 5.56 Å². The quantitative estimate of drug-likeness (QED) is 0.890. The molecule has 0 amide bonds. The Labute approximate surface area is 129 Å². The van der Waals surface area contributed by atoms with Crippen LogP contribution >= 0.6 is 11.6 Å². The van der Waals surface area contributed by atoms with Gasteiger partial charge in [-0.25, -0.2) is 4.98 Å². The van der Waals surface area contributed by atoms with E-state index in [2.05, 4.69) is 29.1 Å². The summed E-state index contributed by atoms with van der Waals surface area (Å²) in [6.45, 7) is 6.85. The van der Waals surface area contributed by atoms with Crippen molar-refractivity contribution >= 4 is 17.5 Å². The van der Waals surface area contributed by atoms with Crippen LogP contribution in [0.3, 0.4) is 0 Å². The number of hydrogen-bond acceptors (Lipinski definition) is 3. The molecule has 0 aliphatic heterocycles. The monoisotopic (exact) mass is 305 g/mol. The lowest BCUT2D eigenvalue weighted by Crippen LogP contribution is -2.21. The van der Waals surface area contributed by atoms with E-state index in [1.807, 2.05) is 31.2 Å². The van der Waals surface area contributed by atoms with E-state index < -0.39 is 0 Å². The normalized spacial score (nSPS) is 10.9. The van der Waals surface area contributed by atoms with Crippen molar-refractivity contribution in [1.82, 2.24) is 9.97 Å². The molecule has 1 aromatic carbocycles. The standard InChI is InChI=1S/C16H20ClN3O/c1-10(2)9-18-16-19-11(3)14(15(21)20-16)8-12-4-6-13(17)7-5-12/h4-7,10H,8-9H2,1-3H3,(H2,18,19,20,21). The molecule has 1 heterocycles. The highest BCUT2D eigenvalue weighted by Gasteiger charge is 2.09. The summed E-state index contributed by atoms with van der Waals surface area (Å²) in [5.74, 6) is 1.02. The van der Waals surface area contributed by atoms with Crippen LogP contribution in [0.2, 0.25) is 5.02 Å². The van der Waals surface area contributed by atoms with E-state index in [0.29, 0.717) is 28.9 Å². The van der Waals surface area contributed by atoms with E-state index in [1.165, 1.54) is 0 Å². The Hall–Kier alpha value is -1.81. The summed E-state index contributed by atoms with van der Waals surface area (Å²) in [6, 6.07) is 7.50. The second-order valence-corrected chi connectivity index (χ2v) is 5.99. The first-order valence-corrected chi connectivity index (χ1v) is 7.41. The summed E-state index contributed by atoms with van der Waals surface area (Å²) in [5, 5.41) is 3.83. The average Bonchev–Trinajstić information content (AvgIpc) is 2.42. The van der Waals surface area contributed by atoms with Crippen LogP contribution in [-0.4, -0.2) is 16.5 Å². The number of aromatic amines is 1. The van der Waals surface area contributed by atoms with Crippen molar-refractivity contribution in [2.45, 2.75) is 27.2 Å². The minimum absolute atomic E-state index is 0.0938. The summed E-state index contributed by atoms with van der Waals surface area (Å²) in [7, 11) is 0. The largest absolute Gasteiger partial charge is 0.355 e. The molecule has 0 radical (unpaired) electrons. The first-order valence-electron chi connectivity index (χ1n) is 7.04. The van der Waals surface area contributed by atoms with Crippen molar-refractivity contribution in [3.63, 3.8) is 0 Å². The van der Waals surface area contributed by atoms with Gasteiger partial charge < -0.3 is 5.32 Å². The van der Waals surface area contributed by atoms with Gasteiger partial charge in [0.1, 0.15) is 0 Å². The molecule has 0 saturated heterocycles. The molecule has 0 aliphatic rings. The molecule has 0 bridgehead atoms. The average molecular weight is 306 g/mol. The van der Waals surface area contributed by atoms with Gasteiger partial charge in [-0.15, -0.1) is 0 Å². The van der Waals surface area contributed by atoms with Gasteiger partial charge in [0, 0.05) is 23.6 Å². The molecule has 112 valence electrons. The number of aromatic nitrogens is 2. The van der Waals surface area contributed by atoms with Gasteiger partial charge in [-0.3, -0.25) is 9.78 Å². The maximum atomic E-state index is 12.2. The third-order valence-corrected chi connectivity index (χ3v) is 3.45. The Kier molecular flexibility index (Phi) is 5.02.